The van der Waals surface area contributed by atoms with Crippen LogP contribution >= 0.6 is 0 Å². The van der Waals surface area contributed by atoms with Crippen LogP contribution in [0.2, 0.25) is 0 Å². The van der Waals surface area contributed by atoms with Gasteiger partial charge in [-0.2, -0.15) is 0 Å². The predicted molar refractivity (Wildman–Crippen MR) is 81.5 cm³/mol. The first kappa shape index (κ1) is 18.6. The number of aliphatic hydroxyl groups excluding tert-OH is 2. The van der Waals surface area contributed by atoms with Crippen LogP contribution in [-0.2, 0) is 19.0 Å². The molecule has 5 unspecified atom stereocenters. The Kier molecular flexibility index (Phi) is 7.68. The van der Waals surface area contributed by atoms with E-state index < -0.39 is 30.7 Å². The fourth-order valence-corrected chi connectivity index (χ4v) is 2.80. The molecule has 3 rings (SSSR count). The van der Waals surface area contributed by atoms with Crippen LogP contribution in [0.25, 0.3) is 0 Å². The first-order valence-corrected chi connectivity index (χ1v) is 8.35. The van der Waals surface area contributed by atoms with Crippen LogP contribution in [0, 0.1) is 0 Å². The van der Waals surface area contributed by atoms with Gasteiger partial charge in [0.1, 0.15) is 24.4 Å². The molecule has 5 N–H and O–H groups in total. The minimum Gasteiger partial charge on any atom is -0.387 e. The zero-order valence-electron chi connectivity index (χ0n) is 13.4. The minimum absolute atomic E-state index is 0.0719. The van der Waals surface area contributed by atoms with Gasteiger partial charge in [-0.1, -0.05) is 6.42 Å². The van der Waals surface area contributed by atoms with Gasteiger partial charge in [-0.15, -0.1) is 0 Å². The van der Waals surface area contributed by atoms with Crippen molar-refractivity contribution in [1.29, 1.82) is 0 Å². The predicted octanol–water partition coefficient (Wildman–Crippen LogP) is -1.13. The maximum atomic E-state index is 11.8. The Morgan fingerprint density at radius 3 is 2.70 bits per heavy atom. The number of hydrogen-bond donors (Lipinski definition) is 4. The molecule has 0 aliphatic carbocycles. The Labute approximate surface area is 136 Å². The van der Waals surface area contributed by atoms with Crippen molar-refractivity contribution >= 4 is 5.91 Å². The number of unbranched alkanes of at least 4 members (excludes halogenated alkanes) is 2. The van der Waals surface area contributed by atoms with Gasteiger partial charge in [0.2, 0.25) is 5.91 Å². The number of aliphatic hydroxyl groups is 2. The van der Waals surface area contributed by atoms with Gasteiger partial charge in [0.25, 0.3) is 0 Å². The van der Waals surface area contributed by atoms with E-state index in [0.29, 0.717) is 32.6 Å². The van der Waals surface area contributed by atoms with Gasteiger partial charge >= 0.3 is 0 Å². The molecule has 0 saturated carbocycles. The quantitative estimate of drug-likeness (QED) is 0.435. The molecule has 8 nitrogen and oxygen atoms in total. The lowest BCUT2D eigenvalue weighted by Crippen LogP contribution is -2.61. The highest BCUT2D eigenvalue weighted by Gasteiger charge is 2.46. The molecule has 3 saturated heterocycles. The number of carbonyl (C=O) groups excluding carboxylic acids is 1. The molecule has 8 heteroatoms. The van der Waals surface area contributed by atoms with Crippen molar-refractivity contribution < 1.29 is 29.2 Å². The number of hydrogen-bond acceptors (Lipinski definition) is 7. The molecule has 0 aromatic rings. The Morgan fingerprint density at radius 1 is 1.13 bits per heavy atom. The second-order valence-corrected chi connectivity index (χ2v) is 5.99. The second-order valence-electron chi connectivity index (χ2n) is 5.99. The van der Waals surface area contributed by atoms with Crippen LogP contribution < -0.4 is 11.1 Å². The molecule has 2 bridgehead atoms. The summed E-state index contributed by atoms with van der Waals surface area (Å²) < 4.78 is 16.7. The lowest BCUT2D eigenvalue weighted by atomic mass is 9.98. The summed E-state index contributed by atoms with van der Waals surface area (Å²) in [5, 5.41) is 23.0. The summed E-state index contributed by atoms with van der Waals surface area (Å²) in [6.45, 7) is 1.65. The number of amides is 1. The molecule has 3 heterocycles. The number of nitrogens with one attached hydrogen (secondary N) is 1. The highest BCUT2D eigenvalue weighted by Crippen LogP contribution is 2.25. The summed E-state index contributed by atoms with van der Waals surface area (Å²) in [5.41, 5.74) is 5.41. The van der Waals surface area contributed by atoms with Crippen molar-refractivity contribution in [1.82, 2.24) is 5.32 Å². The molecule has 3 aliphatic heterocycles. The average molecular weight is 332 g/mol. The monoisotopic (exact) mass is 332 g/mol. The summed E-state index contributed by atoms with van der Waals surface area (Å²) in [4.78, 5) is 11.8. The van der Waals surface area contributed by atoms with Gasteiger partial charge in [-0.3, -0.25) is 4.79 Å². The molecular formula is C15H28N2O6. The lowest BCUT2D eigenvalue weighted by molar-refractivity contribution is -0.292. The van der Waals surface area contributed by atoms with Crippen molar-refractivity contribution in [2.24, 2.45) is 5.73 Å². The van der Waals surface area contributed by atoms with E-state index in [1.165, 1.54) is 0 Å². The summed E-state index contributed by atoms with van der Waals surface area (Å²) in [6, 6.07) is 0. The van der Waals surface area contributed by atoms with Crippen LogP contribution in [0.1, 0.15) is 32.1 Å². The van der Waals surface area contributed by atoms with E-state index >= 15 is 0 Å². The standard InChI is InChI=1S/C15H28N2O6/c16-6-3-1-2-5-11(18)17-9-10-14-12(19)13(20)15(23-10)22-8-4-7-21-14/h10,12-15,19-20H,1-9,16H2,(H,17,18). The van der Waals surface area contributed by atoms with E-state index in [0.717, 1.165) is 19.3 Å². The van der Waals surface area contributed by atoms with E-state index in [1.807, 2.05) is 0 Å². The second kappa shape index (κ2) is 9.51. The third-order valence-corrected chi connectivity index (χ3v) is 4.13. The number of carbonyl (C=O) groups is 1. The third kappa shape index (κ3) is 5.37. The number of ether oxygens (including phenoxy) is 3. The van der Waals surface area contributed by atoms with Gasteiger partial charge < -0.3 is 35.5 Å². The van der Waals surface area contributed by atoms with E-state index in [1.54, 1.807) is 0 Å². The molecule has 1 amide bonds. The van der Waals surface area contributed by atoms with Gasteiger partial charge in [-0.25, -0.2) is 0 Å². The fourth-order valence-electron chi connectivity index (χ4n) is 2.80. The van der Waals surface area contributed by atoms with Crippen LogP contribution in [-0.4, -0.2) is 73.1 Å². The van der Waals surface area contributed by atoms with E-state index in [-0.39, 0.29) is 12.5 Å². The zero-order valence-corrected chi connectivity index (χ0v) is 13.4. The molecule has 0 aromatic carbocycles. The topological polar surface area (TPSA) is 123 Å². The van der Waals surface area contributed by atoms with Gasteiger partial charge in [0.15, 0.2) is 6.29 Å². The molecule has 0 aromatic heterocycles. The van der Waals surface area contributed by atoms with E-state index in [2.05, 4.69) is 5.32 Å². The highest BCUT2D eigenvalue weighted by atomic mass is 16.7. The normalized spacial score (nSPS) is 34.5. The molecule has 3 fully saturated rings. The first-order chi connectivity index (χ1) is 11.1. The van der Waals surface area contributed by atoms with Crippen molar-refractivity contribution in [3.8, 4) is 0 Å². The lowest BCUT2D eigenvalue weighted by Gasteiger charge is -2.41. The molecule has 3 aliphatic rings. The van der Waals surface area contributed by atoms with Crippen LogP contribution in [0.4, 0.5) is 0 Å². The van der Waals surface area contributed by atoms with Crippen molar-refractivity contribution in [3.63, 3.8) is 0 Å². The van der Waals surface area contributed by atoms with Gasteiger partial charge in [0.05, 0.1) is 6.61 Å². The number of nitrogens with two attached hydrogens (primary N) is 1. The first-order valence-electron chi connectivity index (χ1n) is 8.35. The summed E-state index contributed by atoms with van der Waals surface area (Å²) >= 11 is 0. The molecular weight excluding hydrogens is 304 g/mol. The number of rotatable bonds is 7. The van der Waals surface area contributed by atoms with Crippen LogP contribution in [0.3, 0.4) is 0 Å². The summed E-state index contributed by atoms with van der Waals surface area (Å²) in [6.07, 6.45) is -0.644. The number of fused-ring (bicyclic) bond motifs is 6. The van der Waals surface area contributed by atoms with Gasteiger partial charge in [0, 0.05) is 19.6 Å². The van der Waals surface area contributed by atoms with Crippen molar-refractivity contribution in [2.45, 2.75) is 62.8 Å². The van der Waals surface area contributed by atoms with Crippen LogP contribution in [0.5, 0.6) is 0 Å². The molecule has 0 spiro atoms. The fraction of sp³-hybridized carbons (Fsp3) is 0.933. The Balaban J connectivity index is 1.82. The maximum Gasteiger partial charge on any atom is 0.220 e. The molecule has 5 atom stereocenters. The van der Waals surface area contributed by atoms with Gasteiger partial charge in [-0.05, 0) is 25.8 Å². The third-order valence-electron chi connectivity index (χ3n) is 4.13. The smallest absolute Gasteiger partial charge is 0.220 e. The largest absolute Gasteiger partial charge is 0.387 e. The zero-order chi connectivity index (χ0) is 16.7. The average Bonchev–Trinajstić information content (AvgIpc) is 2.68. The molecule has 134 valence electrons. The summed E-state index contributed by atoms with van der Waals surface area (Å²) in [5.74, 6) is -0.0719. The van der Waals surface area contributed by atoms with E-state index in [4.69, 9.17) is 19.9 Å². The SMILES string of the molecule is NCCCCCC(=O)NCC1OC2OCCCOC1C(O)C2O. The van der Waals surface area contributed by atoms with Crippen LogP contribution in [0.15, 0.2) is 0 Å². The highest BCUT2D eigenvalue weighted by molar-refractivity contribution is 5.75. The maximum absolute atomic E-state index is 11.8. The van der Waals surface area contributed by atoms with Crippen molar-refractivity contribution in [2.75, 3.05) is 26.3 Å². The Hall–Kier alpha value is -0.770. The summed E-state index contributed by atoms with van der Waals surface area (Å²) in [7, 11) is 0. The molecule has 23 heavy (non-hydrogen) atoms. The Morgan fingerprint density at radius 2 is 1.91 bits per heavy atom. The van der Waals surface area contributed by atoms with Crippen molar-refractivity contribution in [3.05, 3.63) is 0 Å². The van der Waals surface area contributed by atoms with E-state index in [9.17, 15) is 15.0 Å². The molecule has 0 radical (unpaired) electrons. The minimum atomic E-state index is -1.15. The Bertz CT molecular complexity index is 368.